The second kappa shape index (κ2) is 4.55. The van der Waals surface area contributed by atoms with Crippen LogP contribution in [0.15, 0.2) is 30.5 Å². The molecule has 0 unspecified atom stereocenters. The van der Waals surface area contributed by atoms with E-state index >= 15 is 0 Å². The number of hydrogen-bond acceptors (Lipinski definition) is 4. The van der Waals surface area contributed by atoms with E-state index in [-0.39, 0.29) is 17.1 Å². The number of rotatable bonds is 2. The Morgan fingerprint density at radius 1 is 1.38 bits per heavy atom. The maximum Gasteiger partial charge on any atom is 0.338 e. The molecule has 0 saturated heterocycles. The smallest absolute Gasteiger partial charge is 0.338 e. The van der Waals surface area contributed by atoms with Gasteiger partial charge < -0.3 is 10.8 Å². The molecule has 3 rings (SSSR count). The number of carboxylic acids is 1. The topological polar surface area (TPSA) is 93.5 Å². The Hall–Kier alpha value is -2.96. The van der Waals surface area contributed by atoms with Crippen molar-refractivity contribution in [3.63, 3.8) is 0 Å². The van der Waals surface area contributed by atoms with Crippen LogP contribution >= 0.6 is 0 Å². The molecule has 3 aromatic rings. The second-order valence-electron chi connectivity index (χ2n) is 4.61. The molecule has 0 bridgehead atoms. The molecule has 106 valence electrons. The Kier molecular flexibility index (Phi) is 2.83. The van der Waals surface area contributed by atoms with Crippen molar-refractivity contribution < 1.29 is 14.3 Å². The standard InChI is InChI=1S/C14H11FN4O2/c1-7-2-3-9(12(15)11(7)13(20)21)8-4-5-19-10(6-8)17-14(16)18-19/h2-6H,1H3,(H2,16,18)(H,20,21). The third-order valence-corrected chi connectivity index (χ3v) is 3.23. The summed E-state index contributed by atoms with van der Waals surface area (Å²) < 4.78 is 15.9. The Morgan fingerprint density at radius 2 is 2.14 bits per heavy atom. The lowest BCUT2D eigenvalue weighted by Crippen LogP contribution is -2.05. The predicted octanol–water partition coefficient (Wildman–Crippen LogP) is 2.12. The zero-order valence-corrected chi connectivity index (χ0v) is 11.0. The molecule has 1 aromatic carbocycles. The summed E-state index contributed by atoms with van der Waals surface area (Å²) in [6.07, 6.45) is 1.59. The van der Waals surface area contributed by atoms with Crippen molar-refractivity contribution in [2.24, 2.45) is 0 Å². The number of carbonyl (C=O) groups is 1. The molecule has 0 aliphatic carbocycles. The molecule has 0 spiro atoms. The van der Waals surface area contributed by atoms with Crippen molar-refractivity contribution in [1.82, 2.24) is 14.6 Å². The van der Waals surface area contributed by atoms with Gasteiger partial charge in [0.15, 0.2) is 5.65 Å². The molecule has 6 nitrogen and oxygen atoms in total. The summed E-state index contributed by atoms with van der Waals surface area (Å²) in [5.41, 5.74) is 6.71. The maximum atomic E-state index is 14.4. The van der Waals surface area contributed by atoms with Crippen LogP contribution in [-0.4, -0.2) is 25.7 Å². The highest BCUT2D eigenvalue weighted by Gasteiger charge is 2.18. The number of aromatic carboxylic acids is 1. The fraction of sp³-hybridized carbons (Fsp3) is 0.0714. The minimum Gasteiger partial charge on any atom is -0.478 e. The number of carboxylic acid groups (broad SMARTS) is 1. The SMILES string of the molecule is Cc1ccc(-c2ccn3nc(N)nc3c2)c(F)c1C(=O)O. The number of aromatic nitrogens is 3. The fourth-order valence-corrected chi connectivity index (χ4v) is 2.22. The number of nitrogen functional groups attached to an aromatic ring is 1. The lowest BCUT2D eigenvalue weighted by molar-refractivity contribution is 0.0691. The quantitative estimate of drug-likeness (QED) is 0.752. The van der Waals surface area contributed by atoms with Gasteiger partial charge in [-0.1, -0.05) is 12.1 Å². The normalized spacial score (nSPS) is 11.0. The van der Waals surface area contributed by atoms with E-state index in [0.29, 0.717) is 16.8 Å². The molecule has 0 aliphatic heterocycles. The third kappa shape index (κ3) is 2.08. The Labute approximate surface area is 118 Å². The van der Waals surface area contributed by atoms with E-state index in [0.717, 1.165) is 0 Å². The molecule has 0 atom stereocenters. The van der Waals surface area contributed by atoms with Crippen LogP contribution in [-0.2, 0) is 0 Å². The van der Waals surface area contributed by atoms with E-state index in [2.05, 4.69) is 10.1 Å². The summed E-state index contributed by atoms with van der Waals surface area (Å²) in [6, 6.07) is 6.34. The lowest BCUT2D eigenvalue weighted by Gasteiger charge is -2.08. The van der Waals surface area contributed by atoms with E-state index in [9.17, 15) is 9.18 Å². The zero-order chi connectivity index (χ0) is 15.1. The Morgan fingerprint density at radius 3 is 2.86 bits per heavy atom. The van der Waals surface area contributed by atoms with E-state index < -0.39 is 11.8 Å². The molecule has 0 amide bonds. The van der Waals surface area contributed by atoms with Gasteiger partial charge >= 0.3 is 5.97 Å². The average Bonchev–Trinajstić information content (AvgIpc) is 2.77. The van der Waals surface area contributed by atoms with E-state index in [1.807, 2.05) is 0 Å². The molecule has 0 aliphatic rings. The van der Waals surface area contributed by atoms with E-state index in [1.165, 1.54) is 4.52 Å². The largest absolute Gasteiger partial charge is 0.478 e. The van der Waals surface area contributed by atoms with E-state index in [4.69, 9.17) is 10.8 Å². The first-order valence-electron chi connectivity index (χ1n) is 6.12. The van der Waals surface area contributed by atoms with Crippen LogP contribution in [0.5, 0.6) is 0 Å². The second-order valence-corrected chi connectivity index (χ2v) is 4.61. The van der Waals surface area contributed by atoms with Gasteiger partial charge in [-0.15, -0.1) is 5.10 Å². The van der Waals surface area contributed by atoms with E-state index in [1.54, 1.807) is 37.4 Å². The molecule has 0 saturated carbocycles. The number of nitrogens with two attached hydrogens (primary N) is 1. The minimum atomic E-state index is -1.29. The first-order valence-corrected chi connectivity index (χ1v) is 6.12. The van der Waals surface area contributed by atoms with Gasteiger partial charge in [-0.2, -0.15) is 4.98 Å². The van der Waals surface area contributed by atoms with Crippen molar-refractivity contribution in [3.05, 3.63) is 47.4 Å². The van der Waals surface area contributed by atoms with Gasteiger partial charge in [-0.3, -0.25) is 0 Å². The van der Waals surface area contributed by atoms with Gasteiger partial charge in [-0.05, 0) is 30.2 Å². The minimum absolute atomic E-state index is 0.114. The molecule has 2 aromatic heterocycles. The van der Waals surface area contributed by atoms with Gasteiger partial charge in [-0.25, -0.2) is 13.7 Å². The number of fused-ring (bicyclic) bond motifs is 1. The van der Waals surface area contributed by atoms with Crippen LogP contribution < -0.4 is 5.73 Å². The highest BCUT2D eigenvalue weighted by Crippen LogP contribution is 2.27. The number of hydrogen-bond donors (Lipinski definition) is 2. The summed E-state index contributed by atoms with van der Waals surface area (Å²) in [5, 5.41) is 13.0. The van der Waals surface area contributed by atoms with Crippen LogP contribution in [0.25, 0.3) is 16.8 Å². The van der Waals surface area contributed by atoms with Crippen LogP contribution in [0, 0.1) is 12.7 Å². The lowest BCUT2D eigenvalue weighted by atomic mass is 9.99. The van der Waals surface area contributed by atoms with Crippen molar-refractivity contribution in [1.29, 1.82) is 0 Å². The van der Waals surface area contributed by atoms with Gasteiger partial charge in [0.05, 0.1) is 5.56 Å². The first kappa shape index (κ1) is 13.0. The number of benzene rings is 1. The van der Waals surface area contributed by atoms with Crippen LogP contribution in [0.1, 0.15) is 15.9 Å². The monoisotopic (exact) mass is 286 g/mol. The van der Waals surface area contributed by atoms with Gasteiger partial charge in [0, 0.05) is 11.8 Å². The van der Waals surface area contributed by atoms with Crippen molar-refractivity contribution in [2.45, 2.75) is 6.92 Å². The molecule has 3 N–H and O–H groups in total. The number of aryl methyl sites for hydroxylation is 1. The van der Waals surface area contributed by atoms with Crippen molar-refractivity contribution >= 4 is 17.6 Å². The number of nitrogens with zero attached hydrogens (tertiary/aromatic N) is 3. The van der Waals surface area contributed by atoms with Crippen LogP contribution in [0.3, 0.4) is 0 Å². The molecular formula is C14H11FN4O2. The molecular weight excluding hydrogens is 275 g/mol. The van der Waals surface area contributed by atoms with Gasteiger partial charge in [0.2, 0.25) is 5.95 Å². The molecule has 0 fully saturated rings. The van der Waals surface area contributed by atoms with Crippen molar-refractivity contribution in [3.8, 4) is 11.1 Å². The molecule has 0 radical (unpaired) electrons. The summed E-state index contributed by atoms with van der Waals surface area (Å²) in [7, 11) is 0. The number of pyridine rings is 1. The maximum absolute atomic E-state index is 14.4. The first-order chi connectivity index (χ1) is 9.97. The summed E-state index contributed by atoms with van der Waals surface area (Å²) in [6.45, 7) is 1.55. The molecule has 21 heavy (non-hydrogen) atoms. The number of halogens is 1. The Balaban J connectivity index is 2.22. The third-order valence-electron chi connectivity index (χ3n) is 3.23. The summed E-state index contributed by atoms with van der Waals surface area (Å²) in [4.78, 5) is 15.2. The van der Waals surface area contributed by atoms with Crippen molar-refractivity contribution in [2.75, 3.05) is 5.73 Å². The number of anilines is 1. The predicted molar refractivity (Wildman–Crippen MR) is 74.5 cm³/mol. The van der Waals surface area contributed by atoms with Gasteiger partial charge in [0.25, 0.3) is 0 Å². The van der Waals surface area contributed by atoms with Gasteiger partial charge in [0.1, 0.15) is 5.82 Å². The Bertz CT molecular complexity index is 873. The molecule has 7 heteroatoms. The fourth-order valence-electron chi connectivity index (χ4n) is 2.22. The highest BCUT2D eigenvalue weighted by molar-refractivity contribution is 5.91. The summed E-state index contributed by atoms with van der Waals surface area (Å²) in [5.74, 6) is -1.94. The van der Waals surface area contributed by atoms with Crippen LogP contribution in [0.4, 0.5) is 10.3 Å². The molecule has 2 heterocycles. The zero-order valence-electron chi connectivity index (χ0n) is 11.0. The van der Waals surface area contributed by atoms with Crippen LogP contribution in [0.2, 0.25) is 0 Å². The highest BCUT2D eigenvalue weighted by atomic mass is 19.1. The average molecular weight is 286 g/mol. The summed E-state index contributed by atoms with van der Waals surface area (Å²) >= 11 is 0.